The lowest BCUT2D eigenvalue weighted by molar-refractivity contribution is 0.205. The van der Waals surface area contributed by atoms with E-state index in [0.29, 0.717) is 6.01 Å². The zero-order chi connectivity index (χ0) is 12.8. The second kappa shape index (κ2) is 6.73. The summed E-state index contributed by atoms with van der Waals surface area (Å²) < 4.78 is 5.49. The average Bonchev–Trinajstić information content (AvgIpc) is 2.78. The van der Waals surface area contributed by atoms with Crippen LogP contribution in [-0.2, 0) is 6.42 Å². The zero-order valence-electron chi connectivity index (χ0n) is 11.5. The lowest BCUT2D eigenvalue weighted by Crippen LogP contribution is -2.32. The molecule has 1 aliphatic heterocycles. The summed E-state index contributed by atoms with van der Waals surface area (Å²) in [4.78, 5) is 2.42. The summed E-state index contributed by atoms with van der Waals surface area (Å²) in [6, 6.07) is 0.572. The Bertz CT molecular complexity index is 353. The summed E-state index contributed by atoms with van der Waals surface area (Å²) in [5, 5.41) is 11.2. The minimum absolute atomic E-state index is 0.572. The van der Waals surface area contributed by atoms with Gasteiger partial charge in [0.05, 0.1) is 0 Å². The molecule has 1 atom stereocenters. The van der Waals surface area contributed by atoms with Crippen molar-refractivity contribution in [3.8, 4) is 0 Å². The van der Waals surface area contributed by atoms with Crippen LogP contribution in [0.3, 0.4) is 0 Å². The lowest BCUT2D eigenvalue weighted by atomic mass is 9.95. The first-order chi connectivity index (χ1) is 8.78. The molecule has 18 heavy (non-hydrogen) atoms. The third-order valence-corrected chi connectivity index (χ3v) is 3.48. The molecule has 1 aromatic rings. The molecule has 2 heterocycles. The number of piperidine rings is 1. The van der Waals surface area contributed by atoms with Crippen molar-refractivity contribution in [2.24, 2.45) is 5.92 Å². The molecule has 0 aromatic carbocycles. The van der Waals surface area contributed by atoms with Crippen molar-refractivity contribution in [2.75, 3.05) is 32.0 Å². The first-order valence-corrected chi connectivity index (χ1v) is 7.02. The topological polar surface area (TPSA) is 54.2 Å². The Morgan fingerprint density at radius 3 is 3.11 bits per heavy atom. The molecule has 5 nitrogen and oxygen atoms in total. The van der Waals surface area contributed by atoms with E-state index < -0.39 is 0 Å². The standard InChI is InChI=1S/C13H24N4O/c1-3-5-12-15-16-13(18-12)14-8-7-11-6-4-9-17(2)10-11/h11H,3-10H2,1-2H3,(H,14,16). The molecule has 0 spiro atoms. The summed E-state index contributed by atoms with van der Waals surface area (Å²) >= 11 is 0. The van der Waals surface area contributed by atoms with Gasteiger partial charge < -0.3 is 14.6 Å². The Kier molecular flexibility index (Phi) is 4.99. The zero-order valence-corrected chi connectivity index (χ0v) is 11.5. The van der Waals surface area contributed by atoms with Gasteiger partial charge in [0.1, 0.15) is 0 Å². The molecule has 1 fully saturated rings. The predicted octanol–water partition coefficient (Wildman–Crippen LogP) is 2.17. The Balaban J connectivity index is 1.67. The normalized spacial score (nSPS) is 21.1. The lowest BCUT2D eigenvalue weighted by Gasteiger charge is -2.29. The van der Waals surface area contributed by atoms with Crippen molar-refractivity contribution in [1.29, 1.82) is 0 Å². The molecule has 1 saturated heterocycles. The monoisotopic (exact) mass is 252 g/mol. The molecular weight excluding hydrogens is 228 g/mol. The van der Waals surface area contributed by atoms with Gasteiger partial charge in [-0.1, -0.05) is 12.0 Å². The minimum Gasteiger partial charge on any atom is -0.408 e. The fourth-order valence-electron chi connectivity index (χ4n) is 2.53. The van der Waals surface area contributed by atoms with Crippen LogP contribution in [0.2, 0.25) is 0 Å². The van der Waals surface area contributed by atoms with Crippen LogP contribution < -0.4 is 5.32 Å². The smallest absolute Gasteiger partial charge is 0.315 e. The highest BCUT2D eigenvalue weighted by molar-refractivity contribution is 5.16. The van der Waals surface area contributed by atoms with Gasteiger partial charge in [-0.05, 0) is 45.2 Å². The Morgan fingerprint density at radius 2 is 2.33 bits per heavy atom. The van der Waals surface area contributed by atoms with Crippen molar-refractivity contribution in [1.82, 2.24) is 15.1 Å². The van der Waals surface area contributed by atoms with Gasteiger partial charge in [0.2, 0.25) is 5.89 Å². The fraction of sp³-hybridized carbons (Fsp3) is 0.846. The van der Waals surface area contributed by atoms with Crippen LogP contribution in [0.15, 0.2) is 4.42 Å². The number of anilines is 1. The number of likely N-dealkylation sites (tertiary alicyclic amines) is 1. The molecule has 0 amide bonds. The number of nitrogens with one attached hydrogen (secondary N) is 1. The molecule has 0 bridgehead atoms. The molecule has 1 unspecified atom stereocenters. The van der Waals surface area contributed by atoms with Crippen LogP contribution in [0.5, 0.6) is 0 Å². The maximum absolute atomic E-state index is 5.49. The Labute approximate surface area is 109 Å². The van der Waals surface area contributed by atoms with E-state index >= 15 is 0 Å². The fourth-order valence-corrected chi connectivity index (χ4v) is 2.53. The van der Waals surface area contributed by atoms with Gasteiger partial charge in [-0.15, -0.1) is 5.10 Å². The van der Waals surface area contributed by atoms with Crippen LogP contribution in [0.25, 0.3) is 0 Å². The van der Waals surface area contributed by atoms with Crippen LogP contribution in [0.4, 0.5) is 6.01 Å². The van der Waals surface area contributed by atoms with E-state index in [1.54, 1.807) is 0 Å². The quantitative estimate of drug-likeness (QED) is 0.841. The van der Waals surface area contributed by atoms with Crippen molar-refractivity contribution in [2.45, 2.75) is 39.0 Å². The third-order valence-electron chi connectivity index (χ3n) is 3.48. The summed E-state index contributed by atoms with van der Waals surface area (Å²) in [5.74, 6) is 1.53. The number of hydrogen-bond donors (Lipinski definition) is 1. The number of hydrogen-bond acceptors (Lipinski definition) is 5. The Hall–Kier alpha value is -1.10. The van der Waals surface area contributed by atoms with E-state index in [2.05, 4.69) is 34.4 Å². The molecule has 1 aromatic heterocycles. The SMILES string of the molecule is CCCc1nnc(NCCC2CCCN(C)C2)o1. The van der Waals surface area contributed by atoms with Gasteiger partial charge in [-0.25, -0.2) is 0 Å². The molecule has 1 aliphatic rings. The van der Waals surface area contributed by atoms with Gasteiger partial charge in [0.15, 0.2) is 0 Å². The van der Waals surface area contributed by atoms with E-state index in [-0.39, 0.29) is 0 Å². The van der Waals surface area contributed by atoms with Gasteiger partial charge >= 0.3 is 6.01 Å². The number of nitrogens with zero attached hydrogens (tertiary/aromatic N) is 3. The first-order valence-electron chi connectivity index (χ1n) is 7.02. The first kappa shape index (κ1) is 13.3. The molecule has 2 rings (SSSR count). The van der Waals surface area contributed by atoms with Gasteiger partial charge in [0.25, 0.3) is 0 Å². The van der Waals surface area contributed by atoms with Crippen LogP contribution in [-0.4, -0.2) is 41.8 Å². The van der Waals surface area contributed by atoms with Gasteiger partial charge in [0, 0.05) is 19.5 Å². The van der Waals surface area contributed by atoms with E-state index in [1.165, 1.54) is 32.4 Å². The maximum Gasteiger partial charge on any atom is 0.315 e. The van der Waals surface area contributed by atoms with E-state index in [4.69, 9.17) is 4.42 Å². The minimum atomic E-state index is 0.572. The highest BCUT2D eigenvalue weighted by atomic mass is 16.4. The van der Waals surface area contributed by atoms with Crippen molar-refractivity contribution < 1.29 is 4.42 Å². The summed E-state index contributed by atoms with van der Waals surface area (Å²) in [7, 11) is 2.20. The average molecular weight is 252 g/mol. The van der Waals surface area contributed by atoms with Crippen LogP contribution in [0.1, 0.15) is 38.5 Å². The molecular formula is C13H24N4O. The highest BCUT2D eigenvalue weighted by Crippen LogP contribution is 2.18. The maximum atomic E-state index is 5.49. The summed E-state index contributed by atoms with van der Waals surface area (Å²) in [6.45, 7) is 5.49. The van der Waals surface area contributed by atoms with Crippen LogP contribution in [0, 0.1) is 5.92 Å². The molecule has 0 radical (unpaired) electrons. The molecule has 0 aliphatic carbocycles. The number of aromatic nitrogens is 2. The van der Waals surface area contributed by atoms with Crippen LogP contribution >= 0.6 is 0 Å². The molecule has 5 heteroatoms. The second-order valence-corrected chi connectivity index (χ2v) is 5.24. The molecule has 1 N–H and O–H groups in total. The van der Waals surface area contributed by atoms with Crippen molar-refractivity contribution >= 4 is 6.01 Å². The van der Waals surface area contributed by atoms with Crippen molar-refractivity contribution in [3.63, 3.8) is 0 Å². The number of aryl methyl sites for hydroxylation is 1. The second-order valence-electron chi connectivity index (χ2n) is 5.24. The highest BCUT2D eigenvalue weighted by Gasteiger charge is 2.16. The van der Waals surface area contributed by atoms with Gasteiger partial charge in [-0.2, -0.15) is 0 Å². The third kappa shape index (κ3) is 3.98. The van der Waals surface area contributed by atoms with Gasteiger partial charge in [-0.3, -0.25) is 0 Å². The van der Waals surface area contributed by atoms with Crippen molar-refractivity contribution in [3.05, 3.63) is 5.89 Å². The van der Waals surface area contributed by atoms with E-state index in [0.717, 1.165) is 31.2 Å². The summed E-state index contributed by atoms with van der Waals surface area (Å²) in [5.41, 5.74) is 0. The largest absolute Gasteiger partial charge is 0.408 e. The predicted molar refractivity (Wildman–Crippen MR) is 71.6 cm³/mol. The Morgan fingerprint density at radius 1 is 1.44 bits per heavy atom. The molecule has 102 valence electrons. The number of rotatable bonds is 6. The molecule has 0 saturated carbocycles. The van der Waals surface area contributed by atoms with E-state index in [9.17, 15) is 0 Å². The summed E-state index contributed by atoms with van der Waals surface area (Å²) in [6.07, 6.45) is 5.74. The van der Waals surface area contributed by atoms with E-state index in [1.807, 2.05) is 0 Å².